The summed E-state index contributed by atoms with van der Waals surface area (Å²) in [6.45, 7) is 12.0. The van der Waals surface area contributed by atoms with Crippen LogP contribution in [0.5, 0.6) is 11.5 Å². The highest BCUT2D eigenvalue weighted by atomic mass is 16.6. The van der Waals surface area contributed by atoms with Crippen LogP contribution in [0.25, 0.3) is 0 Å². The number of nitrogens with zero attached hydrogens (tertiary/aromatic N) is 2. The average molecular weight is 573 g/mol. The van der Waals surface area contributed by atoms with Crippen molar-refractivity contribution < 1.29 is 48.1 Å². The minimum Gasteiger partial charge on any atom is -0.508 e. The molecule has 1 aromatic rings. The summed E-state index contributed by atoms with van der Waals surface area (Å²) in [4.78, 5) is 4.28. The second kappa shape index (κ2) is 21.2. The fourth-order valence-electron chi connectivity index (χ4n) is 4.24. The van der Waals surface area contributed by atoms with Crippen LogP contribution in [-0.4, -0.2) is 152 Å². The predicted molar refractivity (Wildman–Crippen MR) is 147 cm³/mol. The van der Waals surface area contributed by atoms with Gasteiger partial charge < -0.3 is 48.1 Å². The average Bonchev–Trinajstić information content (AvgIpc) is 2.96. The molecule has 40 heavy (non-hydrogen) atoms. The van der Waals surface area contributed by atoms with Crippen molar-refractivity contribution in [1.29, 1.82) is 0 Å². The Hall–Kier alpha value is -1.58. The maximum atomic E-state index is 10.9. The second-order valence-corrected chi connectivity index (χ2v) is 9.56. The summed E-state index contributed by atoms with van der Waals surface area (Å²) in [7, 11) is 0. The third-order valence-electron chi connectivity index (χ3n) is 6.51. The molecule has 2 aliphatic heterocycles. The van der Waals surface area contributed by atoms with Crippen LogP contribution >= 0.6 is 0 Å². The third-order valence-corrected chi connectivity index (χ3v) is 6.51. The molecule has 2 aliphatic rings. The zero-order valence-electron chi connectivity index (χ0n) is 23.8. The third kappa shape index (κ3) is 14.4. The Morgan fingerprint density at radius 2 is 0.625 bits per heavy atom. The zero-order chi connectivity index (χ0) is 28.1. The van der Waals surface area contributed by atoms with Gasteiger partial charge in [0, 0.05) is 50.4 Å². The quantitative estimate of drug-likeness (QED) is 0.498. The van der Waals surface area contributed by atoms with E-state index in [1.165, 1.54) is 0 Å². The predicted octanol–water partition coefficient (Wildman–Crippen LogP) is 0.862. The summed E-state index contributed by atoms with van der Waals surface area (Å²) in [6, 6.07) is 3.30. The van der Waals surface area contributed by atoms with E-state index in [0.29, 0.717) is 156 Å². The molecule has 2 N–H and O–H groups in total. The monoisotopic (exact) mass is 572 g/mol. The van der Waals surface area contributed by atoms with Crippen LogP contribution in [0.3, 0.4) is 0 Å². The molecule has 0 atom stereocenters. The maximum absolute atomic E-state index is 10.9. The van der Waals surface area contributed by atoms with E-state index in [9.17, 15) is 10.2 Å². The van der Waals surface area contributed by atoms with Gasteiger partial charge in [-0.3, -0.25) is 9.80 Å². The van der Waals surface area contributed by atoms with Crippen LogP contribution in [0.4, 0.5) is 0 Å². The van der Waals surface area contributed by atoms with Crippen molar-refractivity contribution in [1.82, 2.24) is 9.80 Å². The van der Waals surface area contributed by atoms with Gasteiger partial charge in [-0.2, -0.15) is 0 Å². The van der Waals surface area contributed by atoms with Gasteiger partial charge in [0.2, 0.25) is 0 Å². The molecule has 1 aromatic carbocycles. The molecule has 0 saturated carbocycles. The minimum absolute atomic E-state index is 0.146. The first-order valence-corrected chi connectivity index (χ1v) is 14.3. The van der Waals surface area contributed by atoms with Crippen molar-refractivity contribution in [2.45, 2.75) is 13.1 Å². The summed E-state index contributed by atoms with van der Waals surface area (Å²) in [5.74, 6) is 0.292. The van der Waals surface area contributed by atoms with E-state index in [4.69, 9.17) is 37.9 Å². The first-order chi connectivity index (χ1) is 19.7. The van der Waals surface area contributed by atoms with Crippen molar-refractivity contribution in [2.75, 3.05) is 132 Å². The first kappa shape index (κ1) is 32.9. The molecule has 0 aromatic heterocycles. The Bertz CT molecular complexity index is 692. The maximum Gasteiger partial charge on any atom is 0.120 e. The molecule has 0 unspecified atom stereocenters. The van der Waals surface area contributed by atoms with E-state index >= 15 is 0 Å². The Kier molecular flexibility index (Phi) is 17.4. The molecular formula is C28H48N2O10. The standard InChI is InChI=1S/C28H48N2O10/c31-27-22-26(24-30-3-7-35-11-15-39-19-20-40-16-12-36-8-4-30)28(32)21-25(27)23-29-1-5-33-9-13-37-17-18-38-14-10-34-6-2-29/h21-22,31-32H,1-20,23-24H2. The minimum atomic E-state index is 0.146. The van der Waals surface area contributed by atoms with Crippen LogP contribution < -0.4 is 0 Å². The number of ether oxygens (including phenoxy) is 8. The highest BCUT2D eigenvalue weighted by Crippen LogP contribution is 2.29. The fourth-order valence-corrected chi connectivity index (χ4v) is 4.24. The number of rotatable bonds is 4. The van der Waals surface area contributed by atoms with Gasteiger partial charge in [-0.05, 0) is 12.1 Å². The summed E-state index contributed by atoms with van der Waals surface area (Å²) in [6.07, 6.45) is 0. The molecule has 12 heteroatoms. The molecule has 2 heterocycles. The lowest BCUT2D eigenvalue weighted by Gasteiger charge is -2.25. The van der Waals surface area contributed by atoms with Gasteiger partial charge in [-0.15, -0.1) is 0 Å². The Labute approximate surface area is 237 Å². The smallest absolute Gasteiger partial charge is 0.120 e. The zero-order valence-corrected chi connectivity index (χ0v) is 23.8. The molecule has 0 spiro atoms. The number of aromatic hydroxyl groups is 2. The largest absolute Gasteiger partial charge is 0.508 e. The van der Waals surface area contributed by atoms with Crippen molar-refractivity contribution in [3.05, 3.63) is 23.3 Å². The molecule has 0 radical (unpaired) electrons. The number of phenols is 2. The van der Waals surface area contributed by atoms with Crippen LogP contribution in [-0.2, 0) is 51.0 Å². The van der Waals surface area contributed by atoms with Crippen LogP contribution in [0.1, 0.15) is 11.1 Å². The number of hydrogen-bond acceptors (Lipinski definition) is 12. The molecule has 3 rings (SSSR count). The molecule has 2 saturated heterocycles. The molecule has 230 valence electrons. The van der Waals surface area contributed by atoms with Crippen LogP contribution in [0, 0.1) is 0 Å². The van der Waals surface area contributed by atoms with Crippen molar-refractivity contribution in [3.63, 3.8) is 0 Å². The lowest BCUT2D eigenvalue weighted by atomic mass is 10.1. The molecule has 0 aliphatic carbocycles. The molecule has 0 amide bonds. The fraction of sp³-hybridized carbons (Fsp3) is 0.786. The molecular weight excluding hydrogens is 524 g/mol. The van der Waals surface area contributed by atoms with Crippen LogP contribution in [0.15, 0.2) is 12.1 Å². The number of hydrogen-bond donors (Lipinski definition) is 2. The molecule has 0 bridgehead atoms. The summed E-state index contributed by atoms with van der Waals surface area (Å²) >= 11 is 0. The molecule has 12 nitrogen and oxygen atoms in total. The second-order valence-electron chi connectivity index (χ2n) is 9.56. The first-order valence-electron chi connectivity index (χ1n) is 14.3. The van der Waals surface area contributed by atoms with Gasteiger partial charge in [-0.1, -0.05) is 0 Å². The van der Waals surface area contributed by atoms with Crippen molar-refractivity contribution in [3.8, 4) is 11.5 Å². The van der Waals surface area contributed by atoms with E-state index in [2.05, 4.69) is 9.80 Å². The SMILES string of the molecule is Oc1cc(CN2CCOCCOCCOCCOCC2)c(O)cc1CN1CCOCCOCCOCCOCC1. The topological polar surface area (TPSA) is 121 Å². The Morgan fingerprint density at radius 1 is 0.400 bits per heavy atom. The van der Waals surface area contributed by atoms with Gasteiger partial charge in [0.15, 0.2) is 0 Å². The van der Waals surface area contributed by atoms with Crippen molar-refractivity contribution >= 4 is 0 Å². The van der Waals surface area contributed by atoms with Gasteiger partial charge in [-0.25, -0.2) is 0 Å². The summed E-state index contributed by atoms with van der Waals surface area (Å²) < 4.78 is 44.8. The molecule has 2 fully saturated rings. The van der Waals surface area contributed by atoms with E-state index in [0.717, 1.165) is 0 Å². The lowest BCUT2D eigenvalue weighted by molar-refractivity contribution is 0.00206. The number of benzene rings is 1. The number of phenolic OH excluding ortho intramolecular Hbond substituents is 2. The van der Waals surface area contributed by atoms with E-state index in [-0.39, 0.29) is 11.5 Å². The lowest BCUT2D eigenvalue weighted by Crippen LogP contribution is -2.32. The Morgan fingerprint density at radius 3 is 0.875 bits per heavy atom. The Balaban J connectivity index is 1.56. The highest BCUT2D eigenvalue weighted by Gasteiger charge is 2.16. The van der Waals surface area contributed by atoms with Crippen LogP contribution in [0.2, 0.25) is 0 Å². The van der Waals surface area contributed by atoms with E-state index in [1.807, 2.05) is 0 Å². The summed E-state index contributed by atoms with van der Waals surface area (Å²) in [5, 5.41) is 21.8. The van der Waals surface area contributed by atoms with Gasteiger partial charge in [0.25, 0.3) is 0 Å². The normalized spacial score (nSPS) is 22.4. The van der Waals surface area contributed by atoms with E-state index < -0.39 is 0 Å². The highest BCUT2D eigenvalue weighted by molar-refractivity contribution is 5.45. The van der Waals surface area contributed by atoms with Gasteiger partial charge in [0.05, 0.1) is 106 Å². The van der Waals surface area contributed by atoms with Gasteiger partial charge >= 0.3 is 0 Å². The van der Waals surface area contributed by atoms with Crippen molar-refractivity contribution in [2.24, 2.45) is 0 Å². The van der Waals surface area contributed by atoms with Gasteiger partial charge in [0.1, 0.15) is 11.5 Å². The summed E-state index contributed by atoms with van der Waals surface area (Å²) in [5.41, 5.74) is 1.30. The van der Waals surface area contributed by atoms with E-state index in [1.54, 1.807) is 12.1 Å².